The minimum Gasteiger partial charge on any atom is -0.493 e. The van der Waals surface area contributed by atoms with Crippen molar-refractivity contribution in [2.45, 2.75) is 47.6 Å². The number of rotatable bonds is 8. The van der Waals surface area contributed by atoms with Crippen LogP contribution in [0.5, 0.6) is 5.75 Å². The van der Waals surface area contributed by atoms with E-state index in [-0.39, 0.29) is 11.3 Å². The minimum absolute atomic E-state index is 0.0413. The van der Waals surface area contributed by atoms with Gasteiger partial charge in [-0.25, -0.2) is 0 Å². The van der Waals surface area contributed by atoms with Crippen molar-refractivity contribution in [3.63, 3.8) is 0 Å². The first kappa shape index (κ1) is 21.8. The van der Waals surface area contributed by atoms with Crippen molar-refractivity contribution < 1.29 is 9.53 Å². The fourth-order valence-corrected chi connectivity index (χ4v) is 2.18. The molecule has 1 rings (SSSR count). The van der Waals surface area contributed by atoms with E-state index in [4.69, 9.17) is 4.74 Å². The molecule has 3 N–H and O–H groups in total. The SMILES string of the molecule is CCCOc1cc(C)ccc1CNC(=NC)NCCNC(=O)C(C)(C)C. The Kier molecular flexibility index (Phi) is 8.96. The van der Waals surface area contributed by atoms with Crippen LogP contribution in [0.1, 0.15) is 45.2 Å². The molecule has 0 aliphatic carbocycles. The molecule has 1 amide bonds. The van der Waals surface area contributed by atoms with Crippen molar-refractivity contribution in [2.24, 2.45) is 10.4 Å². The van der Waals surface area contributed by atoms with E-state index >= 15 is 0 Å². The second-order valence-electron chi connectivity index (χ2n) is 7.32. The summed E-state index contributed by atoms with van der Waals surface area (Å²) in [5.74, 6) is 1.64. The number of carbonyl (C=O) groups is 1. The molecule has 0 heterocycles. The lowest BCUT2D eigenvalue weighted by atomic mass is 9.96. The fourth-order valence-electron chi connectivity index (χ4n) is 2.18. The molecule has 1 aromatic rings. The van der Waals surface area contributed by atoms with Crippen LogP contribution in [-0.4, -0.2) is 38.6 Å². The Balaban J connectivity index is 2.48. The number of guanidine groups is 1. The number of amides is 1. The summed E-state index contributed by atoms with van der Waals surface area (Å²) < 4.78 is 5.84. The van der Waals surface area contributed by atoms with Gasteiger partial charge in [-0.3, -0.25) is 9.79 Å². The van der Waals surface area contributed by atoms with E-state index in [0.717, 1.165) is 17.7 Å². The van der Waals surface area contributed by atoms with Crippen LogP contribution < -0.4 is 20.7 Å². The Morgan fingerprint density at radius 2 is 1.85 bits per heavy atom. The van der Waals surface area contributed by atoms with Crippen LogP contribution in [0.15, 0.2) is 23.2 Å². The van der Waals surface area contributed by atoms with Gasteiger partial charge in [-0.15, -0.1) is 0 Å². The monoisotopic (exact) mass is 362 g/mol. The summed E-state index contributed by atoms with van der Waals surface area (Å²) in [4.78, 5) is 16.1. The third kappa shape index (κ3) is 7.76. The molecule has 0 fully saturated rings. The summed E-state index contributed by atoms with van der Waals surface area (Å²) in [6, 6.07) is 6.21. The Bertz CT molecular complexity index is 606. The zero-order valence-corrected chi connectivity index (χ0v) is 17.0. The average Bonchev–Trinajstić information content (AvgIpc) is 2.59. The van der Waals surface area contributed by atoms with Crippen LogP contribution in [0.3, 0.4) is 0 Å². The van der Waals surface area contributed by atoms with Gasteiger partial charge in [-0.05, 0) is 25.0 Å². The summed E-state index contributed by atoms with van der Waals surface area (Å²) >= 11 is 0. The van der Waals surface area contributed by atoms with Gasteiger partial charge in [-0.2, -0.15) is 0 Å². The Hall–Kier alpha value is -2.24. The Labute approximate surface area is 157 Å². The van der Waals surface area contributed by atoms with Crippen LogP contribution in [0.25, 0.3) is 0 Å². The predicted octanol–water partition coefficient (Wildman–Crippen LogP) is 2.61. The number of nitrogens with zero attached hydrogens (tertiary/aromatic N) is 1. The molecule has 0 aliphatic rings. The Morgan fingerprint density at radius 1 is 1.15 bits per heavy atom. The summed E-state index contributed by atoms with van der Waals surface area (Å²) in [5, 5.41) is 9.40. The third-order valence-electron chi connectivity index (χ3n) is 3.74. The van der Waals surface area contributed by atoms with E-state index < -0.39 is 0 Å². The number of ether oxygens (including phenoxy) is 1. The van der Waals surface area contributed by atoms with Gasteiger partial charge in [0, 0.05) is 37.7 Å². The molecule has 0 radical (unpaired) electrons. The average molecular weight is 363 g/mol. The second kappa shape index (κ2) is 10.7. The normalized spacial score (nSPS) is 11.8. The highest BCUT2D eigenvalue weighted by atomic mass is 16.5. The fraction of sp³-hybridized carbons (Fsp3) is 0.600. The molecule has 0 bridgehead atoms. The minimum atomic E-state index is -0.375. The summed E-state index contributed by atoms with van der Waals surface area (Å²) in [6.45, 7) is 12.3. The van der Waals surface area contributed by atoms with E-state index in [1.807, 2.05) is 20.8 Å². The summed E-state index contributed by atoms with van der Waals surface area (Å²) in [7, 11) is 1.73. The third-order valence-corrected chi connectivity index (χ3v) is 3.74. The first-order valence-electron chi connectivity index (χ1n) is 9.23. The van der Waals surface area contributed by atoms with E-state index in [1.54, 1.807) is 7.05 Å². The zero-order valence-electron chi connectivity index (χ0n) is 17.0. The molecule has 146 valence electrons. The molecule has 26 heavy (non-hydrogen) atoms. The molecule has 0 saturated heterocycles. The highest BCUT2D eigenvalue weighted by Gasteiger charge is 2.20. The van der Waals surface area contributed by atoms with Gasteiger partial charge in [0.1, 0.15) is 5.75 Å². The van der Waals surface area contributed by atoms with Crippen LogP contribution in [-0.2, 0) is 11.3 Å². The molecule has 6 nitrogen and oxygen atoms in total. The van der Waals surface area contributed by atoms with E-state index in [2.05, 4.69) is 53.0 Å². The van der Waals surface area contributed by atoms with E-state index in [0.29, 0.717) is 32.2 Å². The van der Waals surface area contributed by atoms with Crippen LogP contribution in [0.4, 0.5) is 0 Å². The molecule has 0 aliphatic heterocycles. The van der Waals surface area contributed by atoms with Crippen LogP contribution in [0, 0.1) is 12.3 Å². The summed E-state index contributed by atoms with van der Waals surface area (Å²) in [6.07, 6.45) is 0.977. The maximum absolute atomic E-state index is 11.8. The first-order valence-corrected chi connectivity index (χ1v) is 9.23. The van der Waals surface area contributed by atoms with Crippen molar-refractivity contribution >= 4 is 11.9 Å². The standard InChI is InChI=1S/C20H34N4O2/c1-7-12-26-17-13-15(2)8-9-16(17)14-24-19(21-6)23-11-10-22-18(25)20(3,4)5/h8-9,13H,7,10-12,14H2,1-6H3,(H,22,25)(H2,21,23,24). The van der Waals surface area contributed by atoms with Gasteiger partial charge in [0.25, 0.3) is 0 Å². The molecule has 6 heteroatoms. The number of aliphatic imine (C=N–C) groups is 1. The predicted molar refractivity (Wildman–Crippen MR) is 108 cm³/mol. The zero-order chi connectivity index (χ0) is 19.6. The molecule has 0 aromatic heterocycles. The smallest absolute Gasteiger partial charge is 0.225 e. The first-order chi connectivity index (χ1) is 12.3. The van der Waals surface area contributed by atoms with Gasteiger partial charge >= 0.3 is 0 Å². The molecule has 0 unspecified atom stereocenters. The quantitative estimate of drug-likeness (QED) is 0.377. The molecular weight excluding hydrogens is 328 g/mol. The van der Waals surface area contributed by atoms with Gasteiger partial charge in [0.2, 0.25) is 5.91 Å². The maximum atomic E-state index is 11.8. The number of hydrogen-bond donors (Lipinski definition) is 3. The molecule has 0 atom stereocenters. The molecule has 0 spiro atoms. The number of carbonyl (C=O) groups excluding carboxylic acids is 1. The van der Waals surface area contributed by atoms with Gasteiger partial charge in [0.05, 0.1) is 6.61 Å². The largest absolute Gasteiger partial charge is 0.493 e. The highest BCUT2D eigenvalue weighted by Crippen LogP contribution is 2.20. The number of hydrogen-bond acceptors (Lipinski definition) is 3. The lowest BCUT2D eigenvalue weighted by Crippen LogP contribution is -2.43. The van der Waals surface area contributed by atoms with Crippen molar-refractivity contribution in [1.82, 2.24) is 16.0 Å². The van der Waals surface area contributed by atoms with E-state index in [9.17, 15) is 4.79 Å². The highest BCUT2D eigenvalue weighted by molar-refractivity contribution is 5.81. The van der Waals surface area contributed by atoms with Crippen molar-refractivity contribution in [3.8, 4) is 5.75 Å². The van der Waals surface area contributed by atoms with Crippen LogP contribution >= 0.6 is 0 Å². The van der Waals surface area contributed by atoms with Gasteiger partial charge < -0.3 is 20.7 Å². The van der Waals surface area contributed by atoms with Gasteiger partial charge in [-0.1, -0.05) is 39.8 Å². The second-order valence-corrected chi connectivity index (χ2v) is 7.32. The van der Waals surface area contributed by atoms with Crippen molar-refractivity contribution in [2.75, 3.05) is 26.7 Å². The lowest BCUT2D eigenvalue weighted by molar-refractivity contribution is -0.128. The van der Waals surface area contributed by atoms with E-state index in [1.165, 1.54) is 5.56 Å². The topological polar surface area (TPSA) is 74.8 Å². The maximum Gasteiger partial charge on any atom is 0.225 e. The Morgan fingerprint density at radius 3 is 2.46 bits per heavy atom. The molecular formula is C20H34N4O2. The summed E-state index contributed by atoms with van der Waals surface area (Å²) in [5.41, 5.74) is 1.89. The van der Waals surface area contributed by atoms with Crippen molar-refractivity contribution in [3.05, 3.63) is 29.3 Å². The van der Waals surface area contributed by atoms with Crippen LogP contribution in [0.2, 0.25) is 0 Å². The lowest BCUT2D eigenvalue weighted by Gasteiger charge is -2.18. The molecule has 1 aromatic carbocycles. The van der Waals surface area contributed by atoms with Gasteiger partial charge in [0.15, 0.2) is 5.96 Å². The number of benzene rings is 1. The molecule has 0 saturated carbocycles. The van der Waals surface area contributed by atoms with Crippen molar-refractivity contribution in [1.29, 1.82) is 0 Å². The number of aryl methyl sites for hydroxylation is 1. The number of nitrogens with one attached hydrogen (secondary N) is 3.